The highest BCUT2D eigenvalue weighted by Crippen LogP contribution is 2.52. The van der Waals surface area contributed by atoms with Gasteiger partial charge in [-0.05, 0) is 92.7 Å². The van der Waals surface area contributed by atoms with E-state index < -0.39 is 0 Å². The topological polar surface area (TPSA) is 24.9 Å². The van der Waals surface area contributed by atoms with Crippen molar-refractivity contribution in [3.63, 3.8) is 0 Å². The first-order chi connectivity index (χ1) is 29.6. The van der Waals surface area contributed by atoms with Crippen molar-refractivity contribution in [2.75, 3.05) is 4.90 Å². The number of pyridine rings is 1. The van der Waals surface area contributed by atoms with Crippen molar-refractivity contribution in [1.82, 2.24) is 13.8 Å². The molecule has 0 unspecified atom stereocenters. The number of nitrogens with zero attached hydrogens (tertiary/aromatic N) is 4. The molecule has 4 nitrogen and oxygen atoms in total. The molecular weight excluding hydrogens is 741 g/mol. The molecule has 61 heavy (non-hydrogen) atoms. The summed E-state index contributed by atoms with van der Waals surface area (Å²) in [6.45, 7) is 14.0. The third-order valence-corrected chi connectivity index (χ3v) is 13.6. The minimum absolute atomic E-state index is 0.0889. The number of hydrogen-bond donors (Lipinski definition) is 0. The summed E-state index contributed by atoms with van der Waals surface area (Å²) in [5, 5.41) is 15.2. The van der Waals surface area contributed by atoms with E-state index in [1.165, 1.54) is 97.8 Å². The van der Waals surface area contributed by atoms with Gasteiger partial charge >= 0.3 is 0 Å². The predicted octanol–water partition coefficient (Wildman–Crippen LogP) is 15.8. The van der Waals surface area contributed by atoms with Gasteiger partial charge in [0.1, 0.15) is 5.65 Å². The summed E-state index contributed by atoms with van der Waals surface area (Å²) in [5.41, 5.74) is 12.9. The Morgan fingerprint density at radius 1 is 0.410 bits per heavy atom. The lowest BCUT2D eigenvalue weighted by Crippen LogP contribution is -2.15. The molecule has 0 amide bonds. The lowest BCUT2D eigenvalue weighted by atomic mass is 9.84. The molecule has 0 fully saturated rings. The van der Waals surface area contributed by atoms with Crippen molar-refractivity contribution in [1.29, 1.82) is 0 Å². The number of fused-ring (bicyclic) bond motifs is 17. The van der Waals surface area contributed by atoms with Crippen LogP contribution in [0.1, 0.15) is 52.7 Å². The minimum atomic E-state index is -0.0934. The zero-order valence-electron chi connectivity index (χ0n) is 35.3. The van der Waals surface area contributed by atoms with Crippen LogP contribution in [0, 0.1) is 0 Å². The average molecular weight is 785 g/mol. The first-order valence-corrected chi connectivity index (χ1v) is 21.6. The van der Waals surface area contributed by atoms with Gasteiger partial charge in [-0.1, -0.05) is 139 Å². The Hall–Kier alpha value is -7.17. The fraction of sp³-hybridized carbons (Fsp3) is 0.140. The molecule has 292 valence electrons. The maximum absolute atomic E-state index is 5.63. The van der Waals surface area contributed by atoms with Gasteiger partial charge in [-0.3, -0.25) is 4.40 Å². The van der Waals surface area contributed by atoms with Crippen LogP contribution in [0.25, 0.3) is 97.9 Å². The molecule has 4 heteroatoms. The standard InChI is InChI=1S/C57H44N4/c1-56(2,3)35-28-42-43-29-36(57(4,5)6)31-46(59(37-19-9-7-10-20-37)38-21-11-8-12-22-38)53(43)61-52(42)45(30-35)50-49-44-27-34-18-14-15-23-39(34)48-41-26-25-33-17-13-16-24-40(33)51(41)60(54(44)48)47(49)32-58-55(50)61/h7-32H,1-6H3. The van der Waals surface area contributed by atoms with Crippen molar-refractivity contribution in [2.45, 2.75) is 52.4 Å². The van der Waals surface area contributed by atoms with Crippen molar-refractivity contribution < 1.29 is 0 Å². The van der Waals surface area contributed by atoms with E-state index in [0.29, 0.717) is 0 Å². The van der Waals surface area contributed by atoms with E-state index in [-0.39, 0.29) is 10.8 Å². The van der Waals surface area contributed by atoms with E-state index in [0.717, 1.165) is 28.2 Å². The van der Waals surface area contributed by atoms with Gasteiger partial charge < -0.3 is 9.30 Å². The first-order valence-electron chi connectivity index (χ1n) is 21.6. The molecule has 5 heterocycles. The Kier molecular flexibility index (Phi) is 6.69. The molecule has 8 aromatic carbocycles. The quantitative estimate of drug-likeness (QED) is 0.178. The lowest BCUT2D eigenvalue weighted by molar-refractivity contribution is 0.591. The molecule has 13 rings (SSSR count). The van der Waals surface area contributed by atoms with Crippen molar-refractivity contribution in [3.8, 4) is 0 Å². The van der Waals surface area contributed by atoms with Crippen molar-refractivity contribution >= 4 is 115 Å². The fourth-order valence-electron chi connectivity index (χ4n) is 10.7. The molecule has 0 spiro atoms. The number of aromatic nitrogens is 3. The number of para-hydroxylation sites is 2. The SMILES string of the molecule is CC(C)(C)c1cc(N(c2ccccc2)c2ccccc2)c2c(c1)c1cc(C(C)(C)C)cc3c4c5c6cc7ccccc7c7c8ccc9ccccc9c8n(c5cnc4n2c13)c67. The highest BCUT2D eigenvalue weighted by atomic mass is 15.2. The summed E-state index contributed by atoms with van der Waals surface area (Å²) in [4.78, 5) is 8.08. The molecule has 0 radical (unpaired) electrons. The van der Waals surface area contributed by atoms with E-state index in [2.05, 4.69) is 213 Å². The van der Waals surface area contributed by atoms with Gasteiger partial charge in [0.2, 0.25) is 0 Å². The van der Waals surface area contributed by atoms with Crippen LogP contribution >= 0.6 is 0 Å². The van der Waals surface area contributed by atoms with Crippen LogP contribution in [0.15, 0.2) is 158 Å². The van der Waals surface area contributed by atoms with Gasteiger partial charge in [-0.15, -0.1) is 0 Å². The summed E-state index contributed by atoms with van der Waals surface area (Å²) in [5.74, 6) is 0. The summed E-state index contributed by atoms with van der Waals surface area (Å²) in [7, 11) is 0. The van der Waals surface area contributed by atoms with E-state index >= 15 is 0 Å². The molecular formula is C57H44N4. The van der Waals surface area contributed by atoms with Gasteiger partial charge in [0.15, 0.2) is 0 Å². The maximum Gasteiger partial charge on any atom is 0.146 e. The number of anilines is 3. The minimum Gasteiger partial charge on any atom is -0.308 e. The van der Waals surface area contributed by atoms with Crippen LogP contribution in [-0.2, 0) is 10.8 Å². The van der Waals surface area contributed by atoms with Crippen LogP contribution in [0.5, 0.6) is 0 Å². The Balaban J connectivity index is 1.29. The van der Waals surface area contributed by atoms with Crippen LogP contribution in [0.3, 0.4) is 0 Å². The molecule has 0 atom stereocenters. The molecule has 13 aromatic rings. The molecule has 5 aromatic heterocycles. The summed E-state index contributed by atoms with van der Waals surface area (Å²) in [6.07, 6.45) is 2.17. The summed E-state index contributed by atoms with van der Waals surface area (Å²) in [6, 6.07) is 56.4. The van der Waals surface area contributed by atoms with Gasteiger partial charge in [0.25, 0.3) is 0 Å². The largest absolute Gasteiger partial charge is 0.308 e. The number of rotatable bonds is 3. The Bertz CT molecular complexity index is 3890. The molecule has 0 saturated carbocycles. The monoisotopic (exact) mass is 784 g/mol. The zero-order chi connectivity index (χ0) is 41.1. The smallest absolute Gasteiger partial charge is 0.146 e. The fourth-order valence-corrected chi connectivity index (χ4v) is 10.7. The zero-order valence-corrected chi connectivity index (χ0v) is 35.3. The Morgan fingerprint density at radius 3 is 1.66 bits per heavy atom. The van der Waals surface area contributed by atoms with Gasteiger partial charge in [0.05, 0.1) is 39.5 Å². The second-order valence-electron chi connectivity index (χ2n) is 19.3. The normalized spacial score (nSPS) is 13.1. The molecule has 0 N–H and O–H groups in total. The van der Waals surface area contributed by atoms with Gasteiger partial charge in [0, 0.05) is 59.9 Å². The van der Waals surface area contributed by atoms with E-state index in [1.54, 1.807) is 0 Å². The van der Waals surface area contributed by atoms with Gasteiger partial charge in [-0.25, -0.2) is 4.98 Å². The number of hydrogen-bond acceptors (Lipinski definition) is 2. The highest BCUT2D eigenvalue weighted by molar-refractivity contribution is 6.39. The highest BCUT2D eigenvalue weighted by Gasteiger charge is 2.31. The van der Waals surface area contributed by atoms with E-state index in [1.807, 2.05) is 0 Å². The second kappa shape index (κ2) is 11.8. The third-order valence-electron chi connectivity index (χ3n) is 13.6. The molecule has 0 aliphatic carbocycles. The molecule has 0 aliphatic heterocycles. The molecule has 0 saturated heterocycles. The maximum atomic E-state index is 5.63. The van der Waals surface area contributed by atoms with Crippen molar-refractivity contribution in [3.05, 3.63) is 169 Å². The second-order valence-corrected chi connectivity index (χ2v) is 19.3. The summed E-state index contributed by atoms with van der Waals surface area (Å²) >= 11 is 0. The van der Waals surface area contributed by atoms with Crippen LogP contribution < -0.4 is 4.90 Å². The van der Waals surface area contributed by atoms with E-state index in [9.17, 15) is 0 Å². The van der Waals surface area contributed by atoms with Crippen LogP contribution in [0.4, 0.5) is 17.1 Å². The van der Waals surface area contributed by atoms with Crippen LogP contribution in [-0.4, -0.2) is 13.8 Å². The summed E-state index contributed by atoms with van der Waals surface area (Å²) < 4.78 is 5.06. The first kappa shape index (κ1) is 34.7. The molecule has 0 bridgehead atoms. The molecule has 0 aliphatic rings. The van der Waals surface area contributed by atoms with E-state index in [4.69, 9.17) is 4.98 Å². The third kappa shape index (κ3) is 4.57. The lowest BCUT2D eigenvalue weighted by Gasteiger charge is -2.29. The van der Waals surface area contributed by atoms with Crippen molar-refractivity contribution in [2.24, 2.45) is 0 Å². The average Bonchev–Trinajstić information content (AvgIpc) is 3.99. The Morgan fingerprint density at radius 2 is 0.967 bits per heavy atom. The Labute approximate surface area is 353 Å². The number of benzene rings is 8. The predicted molar refractivity (Wildman–Crippen MR) is 261 cm³/mol. The van der Waals surface area contributed by atoms with Crippen LogP contribution in [0.2, 0.25) is 0 Å². The van der Waals surface area contributed by atoms with Gasteiger partial charge in [-0.2, -0.15) is 0 Å².